The molecule has 0 saturated heterocycles. The minimum atomic E-state index is -1.10. The van der Waals surface area contributed by atoms with Gasteiger partial charge in [0.25, 0.3) is 5.91 Å². The minimum Gasteiger partial charge on any atom is -0.484 e. The third-order valence-electron chi connectivity index (χ3n) is 4.05. The first-order valence-electron chi connectivity index (χ1n) is 7.89. The number of carboxylic acids is 1. The molecule has 1 heterocycles. The molecule has 0 radical (unpaired) electrons. The number of hydrogen-bond donors (Lipinski definition) is 2. The van der Waals surface area contributed by atoms with Crippen LogP contribution in [0.15, 0.2) is 27.4 Å². The van der Waals surface area contributed by atoms with Crippen LogP contribution >= 0.6 is 0 Å². The molecular weight excluding hydrogens is 326 g/mol. The van der Waals surface area contributed by atoms with Crippen LogP contribution in [-0.4, -0.2) is 29.6 Å². The molecule has 1 amide bonds. The van der Waals surface area contributed by atoms with Crippen LogP contribution in [0.3, 0.4) is 0 Å². The number of aliphatic carboxylic acids is 1. The van der Waals surface area contributed by atoms with E-state index in [0.717, 1.165) is 10.9 Å². The number of nitrogens with one attached hydrogen (secondary N) is 1. The molecule has 2 aromatic rings. The summed E-state index contributed by atoms with van der Waals surface area (Å²) in [5.74, 6) is -1.53. The molecule has 0 aliphatic carbocycles. The van der Waals surface area contributed by atoms with Crippen LogP contribution in [0.5, 0.6) is 5.75 Å². The van der Waals surface area contributed by atoms with Crippen molar-refractivity contribution < 1.29 is 23.8 Å². The third-order valence-corrected chi connectivity index (χ3v) is 4.05. The maximum absolute atomic E-state index is 11.9. The zero-order chi connectivity index (χ0) is 18.7. The predicted octanol–water partition coefficient (Wildman–Crippen LogP) is 2.01. The lowest BCUT2D eigenvalue weighted by Crippen LogP contribution is -2.46. The predicted molar refractivity (Wildman–Crippen MR) is 91.9 cm³/mol. The van der Waals surface area contributed by atoms with Crippen molar-refractivity contribution in [2.75, 3.05) is 6.61 Å². The van der Waals surface area contributed by atoms with Gasteiger partial charge >= 0.3 is 11.6 Å². The molecule has 25 heavy (non-hydrogen) atoms. The molecule has 134 valence electrons. The maximum atomic E-state index is 11.9. The van der Waals surface area contributed by atoms with Gasteiger partial charge in [0.15, 0.2) is 6.61 Å². The van der Waals surface area contributed by atoms with Crippen molar-refractivity contribution in [1.29, 1.82) is 0 Å². The largest absolute Gasteiger partial charge is 0.484 e. The summed E-state index contributed by atoms with van der Waals surface area (Å²) in [6.07, 6.45) is 0. The molecule has 0 aliphatic heterocycles. The summed E-state index contributed by atoms with van der Waals surface area (Å²) in [6.45, 7) is 6.60. The zero-order valence-electron chi connectivity index (χ0n) is 14.6. The Morgan fingerprint density at radius 1 is 1.24 bits per heavy atom. The highest BCUT2D eigenvalue weighted by Gasteiger charge is 2.23. The Morgan fingerprint density at radius 3 is 2.52 bits per heavy atom. The summed E-state index contributed by atoms with van der Waals surface area (Å²) in [5.41, 5.74) is 1.34. The van der Waals surface area contributed by atoms with Crippen LogP contribution in [0.1, 0.15) is 25.0 Å². The van der Waals surface area contributed by atoms with Crippen molar-refractivity contribution in [2.45, 2.75) is 33.7 Å². The van der Waals surface area contributed by atoms with Crippen LogP contribution in [-0.2, 0) is 9.59 Å². The molecule has 1 aromatic heterocycles. The summed E-state index contributed by atoms with van der Waals surface area (Å²) >= 11 is 0. The minimum absolute atomic E-state index is 0.248. The Hall–Kier alpha value is -2.83. The smallest absolute Gasteiger partial charge is 0.339 e. The lowest BCUT2D eigenvalue weighted by atomic mass is 10.1. The van der Waals surface area contributed by atoms with Crippen molar-refractivity contribution in [3.05, 3.63) is 39.7 Å². The number of aryl methyl sites for hydroxylation is 1. The van der Waals surface area contributed by atoms with E-state index in [2.05, 4.69) is 5.32 Å². The van der Waals surface area contributed by atoms with Gasteiger partial charge in [0.05, 0.1) is 0 Å². The number of benzene rings is 1. The van der Waals surface area contributed by atoms with E-state index in [1.807, 2.05) is 6.92 Å². The molecular formula is C18H21NO6. The van der Waals surface area contributed by atoms with Gasteiger partial charge < -0.3 is 19.6 Å². The highest BCUT2D eigenvalue weighted by atomic mass is 16.5. The highest BCUT2D eigenvalue weighted by Crippen LogP contribution is 2.23. The van der Waals surface area contributed by atoms with E-state index in [-0.39, 0.29) is 12.5 Å². The first kappa shape index (κ1) is 18.5. The van der Waals surface area contributed by atoms with E-state index in [9.17, 15) is 14.4 Å². The maximum Gasteiger partial charge on any atom is 0.339 e. The SMILES string of the molecule is Cc1c(C)c2ccc(OCC(=O)N[C@@H](C(=O)O)C(C)C)cc2oc1=O. The van der Waals surface area contributed by atoms with Crippen molar-refractivity contribution >= 4 is 22.8 Å². The van der Waals surface area contributed by atoms with Crippen molar-refractivity contribution in [3.8, 4) is 5.75 Å². The van der Waals surface area contributed by atoms with Crippen LogP contribution < -0.4 is 15.7 Å². The normalized spacial score (nSPS) is 12.2. The number of carbonyl (C=O) groups is 2. The van der Waals surface area contributed by atoms with Gasteiger partial charge in [0.2, 0.25) is 0 Å². The second-order valence-electron chi connectivity index (χ2n) is 6.21. The van der Waals surface area contributed by atoms with Gasteiger partial charge in [-0.1, -0.05) is 13.8 Å². The van der Waals surface area contributed by atoms with Gasteiger partial charge in [-0.25, -0.2) is 9.59 Å². The van der Waals surface area contributed by atoms with E-state index in [4.69, 9.17) is 14.3 Å². The molecule has 0 unspecified atom stereocenters. The van der Waals surface area contributed by atoms with Crippen molar-refractivity contribution in [2.24, 2.45) is 5.92 Å². The van der Waals surface area contributed by atoms with Crippen LogP contribution in [0, 0.1) is 19.8 Å². The van der Waals surface area contributed by atoms with Crippen molar-refractivity contribution in [3.63, 3.8) is 0 Å². The molecule has 1 atom stereocenters. The Labute approximate surface area is 144 Å². The molecule has 0 fully saturated rings. The third kappa shape index (κ3) is 4.17. The van der Waals surface area contributed by atoms with E-state index in [1.54, 1.807) is 32.9 Å². The number of ether oxygens (including phenoxy) is 1. The fraction of sp³-hybridized carbons (Fsp3) is 0.389. The van der Waals surface area contributed by atoms with Crippen LogP contribution in [0.4, 0.5) is 0 Å². The molecule has 2 N–H and O–H groups in total. The summed E-state index contributed by atoms with van der Waals surface area (Å²) in [6, 6.07) is 3.98. The van der Waals surface area contributed by atoms with Gasteiger partial charge in [-0.05, 0) is 37.5 Å². The Morgan fingerprint density at radius 2 is 1.92 bits per heavy atom. The topological polar surface area (TPSA) is 106 Å². The number of fused-ring (bicyclic) bond motifs is 1. The number of carbonyl (C=O) groups excluding carboxylic acids is 1. The zero-order valence-corrected chi connectivity index (χ0v) is 14.6. The van der Waals surface area contributed by atoms with Crippen LogP contribution in [0.2, 0.25) is 0 Å². The summed E-state index contributed by atoms with van der Waals surface area (Å²) in [5, 5.41) is 12.3. The summed E-state index contributed by atoms with van der Waals surface area (Å²) < 4.78 is 10.6. The first-order valence-corrected chi connectivity index (χ1v) is 7.89. The summed E-state index contributed by atoms with van der Waals surface area (Å²) in [4.78, 5) is 34.7. The Bertz CT molecular complexity index is 868. The average molecular weight is 347 g/mol. The Balaban J connectivity index is 2.11. The van der Waals surface area contributed by atoms with E-state index in [1.165, 1.54) is 6.07 Å². The standard InChI is InChI=1S/C18H21NO6/c1-9(2)16(17(21)22)19-15(20)8-24-12-5-6-13-10(3)11(4)18(23)25-14(13)7-12/h5-7,9,16H,8H2,1-4H3,(H,19,20)(H,21,22)/t16-/m1/s1. The van der Waals surface area contributed by atoms with E-state index in [0.29, 0.717) is 16.9 Å². The second kappa shape index (κ2) is 7.38. The fourth-order valence-electron chi connectivity index (χ4n) is 2.40. The molecule has 0 bridgehead atoms. The van der Waals surface area contributed by atoms with Gasteiger partial charge in [0.1, 0.15) is 17.4 Å². The number of amides is 1. The number of rotatable bonds is 6. The number of hydrogen-bond acceptors (Lipinski definition) is 5. The molecule has 2 rings (SSSR count). The van der Waals surface area contributed by atoms with E-state index < -0.39 is 23.5 Å². The monoisotopic (exact) mass is 347 g/mol. The van der Waals surface area contributed by atoms with Gasteiger partial charge in [-0.15, -0.1) is 0 Å². The highest BCUT2D eigenvalue weighted by molar-refractivity contribution is 5.85. The van der Waals surface area contributed by atoms with Gasteiger partial charge in [0, 0.05) is 17.0 Å². The molecule has 0 saturated carbocycles. The fourth-order valence-corrected chi connectivity index (χ4v) is 2.40. The average Bonchev–Trinajstić information content (AvgIpc) is 2.55. The quantitative estimate of drug-likeness (QED) is 0.774. The number of carboxylic acid groups (broad SMARTS) is 1. The van der Waals surface area contributed by atoms with Gasteiger partial charge in [-0.2, -0.15) is 0 Å². The van der Waals surface area contributed by atoms with Gasteiger partial charge in [-0.3, -0.25) is 4.79 Å². The molecule has 7 nitrogen and oxygen atoms in total. The molecule has 0 aliphatic rings. The van der Waals surface area contributed by atoms with Crippen LogP contribution in [0.25, 0.3) is 11.0 Å². The molecule has 7 heteroatoms. The Kier molecular flexibility index (Phi) is 5.46. The van der Waals surface area contributed by atoms with E-state index >= 15 is 0 Å². The lowest BCUT2D eigenvalue weighted by molar-refractivity contribution is -0.143. The summed E-state index contributed by atoms with van der Waals surface area (Å²) in [7, 11) is 0. The first-order chi connectivity index (χ1) is 11.7. The lowest BCUT2D eigenvalue weighted by Gasteiger charge is -2.18. The molecule has 1 aromatic carbocycles. The van der Waals surface area contributed by atoms with Crippen molar-refractivity contribution in [1.82, 2.24) is 5.32 Å². The molecule has 0 spiro atoms. The second-order valence-corrected chi connectivity index (χ2v) is 6.21.